The zero-order chi connectivity index (χ0) is 18.7. The summed E-state index contributed by atoms with van der Waals surface area (Å²) in [6.45, 7) is 5.74. The molecule has 1 aliphatic rings. The molecular weight excluding hydrogens is 363 g/mol. The topological polar surface area (TPSA) is 35.5 Å². The maximum Gasteiger partial charge on any atom is 0.123 e. The number of fused-ring (bicyclic) bond motifs is 1. The summed E-state index contributed by atoms with van der Waals surface area (Å²) in [6.07, 6.45) is 1.43. The molecule has 0 unspecified atom stereocenters. The number of anilines is 1. The molecular formula is C22H30ClFN2O. The van der Waals surface area contributed by atoms with Crippen LogP contribution in [0.15, 0.2) is 48.5 Å². The lowest BCUT2D eigenvalue weighted by atomic mass is 9.77. The van der Waals surface area contributed by atoms with Crippen molar-refractivity contribution in [1.29, 1.82) is 0 Å². The van der Waals surface area contributed by atoms with Crippen LogP contribution < -0.4 is 10.2 Å². The highest BCUT2D eigenvalue weighted by atomic mass is 35.5. The van der Waals surface area contributed by atoms with E-state index in [0.717, 1.165) is 30.6 Å². The molecule has 3 nitrogen and oxygen atoms in total. The zero-order valence-electron chi connectivity index (χ0n) is 16.3. The van der Waals surface area contributed by atoms with E-state index < -0.39 is 6.10 Å². The van der Waals surface area contributed by atoms with Crippen molar-refractivity contribution >= 4 is 18.1 Å². The molecule has 1 aliphatic heterocycles. The average molecular weight is 393 g/mol. The number of nitrogens with one attached hydrogen (secondary N) is 1. The smallest absolute Gasteiger partial charge is 0.123 e. The fraction of sp³-hybridized carbons (Fsp3) is 0.455. The predicted molar refractivity (Wildman–Crippen MR) is 112 cm³/mol. The van der Waals surface area contributed by atoms with Crippen LogP contribution in [0.4, 0.5) is 10.1 Å². The number of para-hydroxylation sites is 1. The Kier molecular flexibility index (Phi) is 7.26. The lowest BCUT2D eigenvalue weighted by Gasteiger charge is -2.36. The Morgan fingerprint density at radius 1 is 1.15 bits per heavy atom. The van der Waals surface area contributed by atoms with Crippen LogP contribution >= 0.6 is 12.4 Å². The van der Waals surface area contributed by atoms with Crippen LogP contribution in [0.2, 0.25) is 0 Å². The number of aliphatic hydroxyl groups is 1. The number of hydrogen-bond donors (Lipinski definition) is 2. The molecule has 0 spiro atoms. The minimum Gasteiger partial charge on any atom is -0.389 e. The quantitative estimate of drug-likeness (QED) is 0.730. The fourth-order valence-corrected chi connectivity index (χ4v) is 4.39. The first-order valence-corrected chi connectivity index (χ1v) is 9.50. The number of hydrogen-bond acceptors (Lipinski definition) is 3. The Labute approximate surface area is 168 Å². The van der Waals surface area contributed by atoms with Gasteiger partial charge in [-0.3, -0.25) is 0 Å². The van der Waals surface area contributed by atoms with Gasteiger partial charge < -0.3 is 15.3 Å². The Hall–Kier alpha value is -1.62. The van der Waals surface area contributed by atoms with Gasteiger partial charge >= 0.3 is 0 Å². The Morgan fingerprint density at radius 3 is 2.48 bits per heavy atom. The van der Waals surface area contributed by atoms with E-state index in [2.05, 4.69) is 42.3 Å². The van der Waals surface area contributed by atoms with Crippen molar-refractivity contribution in [3.05, 3.63) is 65.5 Å². The Morgan fingerprint density at radius 2 is 1.85 bits per heavy atom. The standard InChI is InChI=1S/C22H29FN2O.ClH/c1-4-22(5-2)15-25(19-12-7-6-11-18(19)22)21(20(26)14-24-3)16-9-8-10-17(23)13-16;/h6-13,20-21,24,26H,4-5,14-15H2,1-3H3;1H/t20-,21+;/m1./s1. The van der Waals surface area contributed by atoms with E-state index in [1.54, 1.807) is 12.1 Å². The summed E-state index contributed by atoms with van der Waals surface area (Å²) >= 11 is 0. The lowest BCUT2D eigenvalue weighted by molar-refractivity contribution is 0.139. The van der Waals surface area contributed by atoms with E-state index in [0.29, 0.717) is 6.54 Å². The second-order valence-corrected chi connectivity index (χ2v) is 7.26. The highest BCUT2D eigenvalue weighted by Gasteiger charge is 2.43. The van der Waals surface area contributed by atoms with Crippen molar-refractivity contribution in [3.8, 4) is 0 Å². The van der Waals surface area contributed by atoms with E-state index in [-0.39, 0.29) is 29.7 Å². The number of benzene rings is 2. The maximum atomic E-state index is 13.9. The van der Waals surface area contributed by atoms with Gasteiger partial charge in [0, 0.05) is 24.2 Å². The van der Waals surface area contributed by atoms with Crippen LogP contribution in [0.5, 0.6) is 0 Å². The lowest BCUT2D eigenvalue weighted by Crippen LogP contribution is -2.43. The molecule has 3 rings (SSSR count). The molecule has 0 aliphatic carbocycles. The summed E-state index contributed by atoms with van der Waals surface area (Å²) in [5.74, 6) is -0.270. The molecule has 1 heterocycles. The molecule has 0 aromatic heterocycles. The summed E-state index contributed by atoms with van der Waals surface area (Å²) in [5, 5.41) is 14.0. The molecule has 5 heteroatoms. The number of rotatable bonds is 7. The van der Waals surface area contributed by atoms with Gasteiger partial charge in [-0.15, -0.1) is 12.4 Å². The Bertz CT molecular complexity index is 751. The van der Waals surface area contributed by atoms with Gasteiger partial charge in [0.05, 0.1) is 12.1 Å². The van der Waals surface area contributed by atoms with E-state index in [1.165, 1.54) is 11.6 Å². The maximum absolute atomic E-state index is 13.9. The van der Waals surface area contributed by atoms with Gasteiger partial charge in [0.15, 0.2) is 0 Å². The van der Waals surface area contributed by atoms with Crippen molar-refractivity contribution in [1.82, 2.24) is 5.32 Å². The van der Waals surface area contributed by atoms with Gasteiger partial charge in [-0.2, -0.15) is 0 Å². The molecule has 0 saturated heterocycles. The zero-order valence-corrected chi connectivity index (χ0v) is 17.1. The highest BCUT2D eigenvalue weighted by molar-refractivity contribution is 5.85. The molecule has 2 aromatic carbocycles. The van der Waals surface area contributed by atoms with Gasteiger partial charge in [-0.25, -0.2) is 4.39 Å². The first-order valence-electron chi connectivity index (χ1n) is 9.50. The Balaban J connectivity index is 0.00000261. The summed E-state index contributed by atoms with van der Waals surface area (Å²) in [5.41, 5.74) is 3.37. The van der Waals surface area contributed by atoms with Crippen molar-refractivity contribution < 1.29 is 9.50 Å². The van der Waals surface area contributed by atoms with E-state index >= 15 is 0 Å². The number of likely N-dealkylation sites (N-methyl/N-ethyl adjacent to an activating group) is 1. The van der Waals surface area contributed by atoms with Gasteiger partial charge in [-0.1, -0.05) is 44.2 Å². The molecule has 0 saturated carbocycles. The van der Waals surface area contributed by atoms with Crippen LogP contribution in [-0.4, -0.2) is 31.3 Å². The molecule has 2 aromatic rings. The van der Waals surface area contributed by atoms with Crippen LogP contribution in [-0.2, 0) is 5.41 Å². The van der Waals surface area contributed by atoms with Gasteiger partial charge in [-0.05, 0) is 49.2 Å². The van der Waals surface area contributed by atoms with Crippen LogP contribution in [0.3, 0.4) is 0 Å². The van der Waals surface area contributed by atoms with Crippen molar-refractivity contribution in [3.63, 3.8) is 0 Å². The largest absolute Gasteiger partial charge is 0.389 e. The van der Waals surface area contributed by atoms with Crippen molar-refractivity contribution in [2.75, 3.05) is 25.0 Å². The second kappa shape index (κ2) is 9.05. The summed E-state index contributed by atoms with van der Waals surface area (Å²) in [7, 11) is 1.83. The number of halogens is 2. The van der Waals surface area contributed by atoms with Crippen molar-refractivity contribution in [2.24, 2.45) is 0 Å². The molecule has 2 N–H and O–H groups in total. The van der Waals surface area contributed by atoms with Gasteiger partial charge in [0.1, 0.15) is 5.82 Å². The fourth-order valence-electron chi connectivity index (χ4n) is 4.39. The first kappa shape index (κ1) is 21.7. The molecule has 27 heavy (non-hydrogen) atoms. The molecule has 2 atom stereocenters. The van der Waals surface area contributed by atoms with Crippen molar-refractivity contribution in [2.45, 2.75) is 44.2 Å². The third kappa shape index (κ3) is 3.98. The third-order valence-electron chi connectivity index (χ3n) is 5.92. The number of aliphatic hydroxyl groups excluding tert-OH is 1. The summed E-state index contributed by atoms with van der Waals surface area (Å²) in [6, 6.07) is 14.8. The SMILES string of the molecule is CCC1(CC)CN([C@@H](c2cccc(F)c2)[C@H](O)CNC)c2ccccc21.Cl. The van der Waals surface area contributed by atoms with Crippen LogP contribution in [0.1, 0.15) is 43.9 Å². The van der Waals surface area contributed by atoms with Crippen LogP contribution in [0.25, 0.3) is 0 Å². The highest BCUT2D eigenvalue weighted by Crippen LogP contribution is 2.48. The minimum absolute atomic E-state index is 0. The van der Waals surface area contributed by atoms with E-state index in [9.17, 15) is 9.50 Å². The van der Waals surface area contributed by atoms with Crippen LogP contribution in [0, 0.1) is 5.82 Å². The molecule has 0 fully saturated rings. The van der Waals surface area contributed by atoms with E-state index in [1.807, 2.05) is 19.2 Å². The predicted octanol–water partition coefficient (Wildman–Crippen LogP) is 4.45. The second-order valence-electron chi connectivity index (χ2n) is 7.26. The van der Waals surface area contributed by atoms with E-state index in [4.69, 9.17) is 0 Å². The molecule has 148 valence electrons. The summed E-state index contributed by atoms with van der Waals surface area (Å²) in [4.78, 5) is 2.28. The van der Waals surface area contributed by atoms with Gasteiger partial charge in [0.2, 0.25) is 0 Å². The normalized spacial score (nSPS) is 17.1. The summed E-state index contributed by atoms with van der Waals surface area (Å²) < 4.78 is 13.9. The number of nitrogens with zero attached hydrogens (tertiary/aromatic N) is 1. The third-order valence-corrected chi connectivity index (χ3v) is 5.92. The first-order chi connectivity index (χ1) is 12.6. The van der Waals surface area contributed by atoms with Gasteiger partial charge in [0.25, 0.3) is 0 Å². The molecule has 0 bridgehead atoms. The minimum atomic E-state index is -0.639. The molecule has 0 radical (unpaired) electrons. The molecule has 0 amide bonds. The average Bonchev–Trinajstić information content (AvgIpc) is 2.97. The monoisotopic (exact) mass is 392 g/mol.